The van der Waals surface area contributed by atoms with E-state index in [-0.39, 0.29) is 0 Å². The first kappa shape index (κ1) is 30.1. The standard InChI is InChI=1S/C49H33Cl/c50-43-31-27-38(28-32-43)36-21-23-39(24-22-36)44-18-10-20-47-48(44)45-17-7-8-19-46(45)49(47,41-29-25-37(26-30-41)34-11-3-1-4-12-34)42-16-9-15-40(33-42)35-13-5-2-6-14-35/h1-33H. The maximum absolute atomic E-state index is 6.19. The molecule has 0 spiro atoms. The van der Waals surface area contributed by atoms with Crippen molar-refractivity contribution in [3.8, 4) is 55.6 Å². The highest BCUT2D eigenvalue weighted by Gasteiger charge is 2.47. The molecule has 0 fully saturated rings. The van der Waals surface area contributed by atoms with Gasteiger partial charge in [0.1, 0.15) is 0 Å². The molecule has 0 aromatic heterocycles. The van der Waals surface area contributed by atoms with Crippen molar-refractivity contribution in [2.75, 3.05) is 0 Å². The number of hydrogen-bond donors (Lipinski definition) is 0. The summed E-state index contributed by atoms with van der Waals surface area (Å²) < 4.78 is 0. The molecule has 1 heteroatoms. The Bertz CT molecular complexity index is 2440. The molecule has 1 aliphatic carbocycles. The first-order chi connectivity index (χ1) is 24.7. The van der Waals surface area contributed by atoms with Crippen LogP contribution in [0.15, 0.2) is 200 Å². The van der Waals surface area contributed by atoms with E-state index in [2.05, 4.69) is 188 Å². The molecule has 0 radical (unpaired) electrons. The molecule has 0 amide bonds. The fraction of sp³-hybridized carbons (Fsp3) is 0.0204. The molecule has 50 heavy (non-hydrogen) atoms. The monoisotopic (exact) mass is 656 g/mol. The van der Waals surface area contributed by atoms with Gasteiger partial charge < -0.3 is 0 Å². The number of halogens is 1. The topological polar surface area (TPSA) is 0 Å². The number of benzene rings is 8. The van der Waals surface area contributed by atoms with E-state index in [1.807, 2.05) is 12.1 Å². The minimum Gasteiger partial charge on any atom is -0.0843 e. The average molecular weight is 657 g/mol. The van der Waals surface area contributed by atoms with Gasteiger partial charge in [-0.2, -0.15) is 0 Å². The highest BCUT2D eigenvalue weighted by molar-refractivity contribution is 6.30. The summed E-state index contributed by atoms with van der Waals surface area (Å²) in [6, 6.07) is 72.7. The van der Waals surface area contributed by atoms with Crippen LogP contribution in [-0.2, 0) is 5.41 Å². The van der Waals surface area contributed by atoms with Gasteiger partial charge in [0, 0.05) is 5.02 Å². The van der Waals surface area contributed by atoms with Crippen molar-refractivity contribution in [2.45, 2.75) is 5.41 Å². The molecular weight excluding hydrogens is 624 g/mol. The van der Waals surface area contributed by atoms with Crippen LogP contribution in [0, 0.1) is 0 Å². The Kier molecular flexibility index (Phi) is 7.53. The summed E-state index contributed by atoms with van der Waals surface area (Å²) in [5, 5.41) is 0.747. The van der Waals surface area contributed by atoms with Crippen LogP contribution >= 0.6 is 11.6 Å². The van der Waals surface area contributed by atoms with Gasteiger partial charge in [0.25, 0.3) is 0 Å². The molecule has 0 saturated heterocycles. The van der Waals surface area contributed by atoms with Crippen molar-refractivity contribution in [1.29, 1.82) is 0 Å². The Hall–Kier alpha value is -5.95. The summed E-state index contributed by atoms with van der Waals surface area (Å²) >= 11 is 6.19. The summed E-state index contributed by atoms with van der Waals surface area (Å²) in [5.74, 6) is 0. The molecule has 0 heterocycles. The van der Waals surface area contributed by atoms with E-state index >= 15 is 0 Å². The Morgan fingerprint density at radius 1 is 0.300 bits per heavy atom. The van der Waals surface area contributed by atoms with Gasteiger partial charge in [0.2, 0.25) is 0 Å². The van der Waals surface area contributed by atoms with Crippen molar-refractivity contribution < 1.29 is 0 Å². The third kappa shape index (κ3) is 5.00. The Morgan fingerprint density at radius 2 is 0.760 bits per heavy atom. The van der Waals surface area contributed by atoms with E-state index in [0.29, 0.717) is 0 Å². The van der Waals surface area contributed by atoms with Crippen LogP contribution in [0.5, 0.6) is 0 Å². The minimum atomic E-state index is -0.523. The number of fused-ring (bicyclic) bond motifs is 3. The van der Waals surface area contributed by atoms with E-state index in [1.165, 1.54) is 72.3 Å². The second-order valence-electron chi connectivity index (χ2n) is 13.0. The fourth-order valence-electron chi connectivity index (χ4n) is 7.95. The second kappa shape index (κ2) is 12.5. The Morgan fingerprint density at radius 3 is 1.44 bits per heavy atom. The molecule has 0 saturated carbocycles. The lowest BCUT2D eigenvalue weighted by Crippen LogP contribution is -2.28. The van der Waals surface area contributed by atoms with Crippen LogP contribution in [0.2, 0.25) is 5.02 Å². The van der Waals surface area contributed by atoms with Gasteiger partial charge in [-0.1, -0.05) is 194 Å². The van der Waals surface area contributed by atoms with Crippen LogP contribution in [-0.4, -0.2) is 0 Å². The molecule has 0 nitrogen and oxygen atoms in total. The maximum Gasteiger partial charge on any atom is 0.0714 e. The molecule has 1 atom stereocenters. The molecule has 9 rings (SSSR count). The third-order valence-electron chi connectivity index (χ3n) is 10.3. The fourth-order valence-corrected chi connectivity index (χ4v) is 8.07. The second-order valence-corrected chi connectivity index (χ2v) is 13.4. The summed E-state index contributed by atoms with van der Waals surface area (Å²) in [7, 11) is 0. The van der Waals surface area contributed by atoms with E-state index in [1.54, 1.807) is 0 Å². The SMILES string of the molecule is Clc1ccc(-c2ccc(-c3cccc4c3-c3ccccc3C4(c3ccc(-c4ccccc4)cc3)c3cccc(-c4ccccc4)c3)cc2)cc1. The van der Waals surface area contributed by atoms with E-state index in [9.17, 15) is 0 Å². The molecule has 8 aromatic rings. The van der Waals surface area contributed by atoms with E-state index in [4.69, 9.17) is 11.6 Å². The van der Waals surface area contributed by atoms with Crippen molar-refractivity contribution in [3.63, 3.8) is 0 Å². The van der Waals surface area contributed by atoms with Crippen LogP contribution in [0.3, 0.4) is 0 Å². The molecular formula is C49H33Cl. The quantitative estimate of drug-likeness (QED) is 0.167. The van der Waals surface area contributed by atoms with Crippen LogP contribution in [0.1, 0.15) is 22.3 Å². The van der Waals surface area contributed by atoms with Gasteiger partial charge >= 0.3 is 0 Å². The van der Waals surface area contributed by atoms with Gasteiger partial charge in [-0.05, 0) is 96.1 Å². The van der Waals surface area contributed by atoms with Gasteiger partial charge in [-0.15, -0.1) is 0 Å². The zero-order valence-corrected chi connectivity index (χ0v) is 28.2. The van der Waals surface area contributed by atoms with Crippen LogP contribution in [0.25, 0.3) is 55.6 Å². The Balaban J connectivity index is 1.28. The van der Waals surface area contributed by atoms with Crippen molar-refractivity contribution in [3.05, 3.63) is 227 Å². The largest absolute Gasteiger partial charge is 0.0843 e. The normalized spacial score (nSPS) is 14.6. The molecule has 0 bridgehead atoms. The summed E-state index contributed by atoms with van der Waals surface area (Å²) in [6.07, 6.45) is 0. The molecule has 236 valence electrons. The lowest BCUT2D eigenvalue weighted by Gasteiger charge is -2.34. The lowest BCUT2D eigenvalue weighted by atomic mass is 9.67. The summed E-state index contributed by atoms with van der Waals surface area (Å²) in [5.41, 5.74) is 16.8. The lowest BCUT2D eigenvalue weighted by molar-refractivity contribution is 0.769. The zero-order valence-electron chi connectivity index (χ0n) is 27.4. The molecule has 1 aliphatic rings. The van der Waals surface area contributed by atoms with Gasteiger partial charge in [-0.25, -0.2) is 0 Å². The average Bonchev–Trinajstić information content (AvgIpc) is 3.50. The Labute approximate surface area is 298 Å². The van der Waals surface area contributed by atoms with Crippen molar-refractivity contribution in [2.24, 2.45) is 0 Å². The minimum absolute atomic E-state index is 0.523. The van der Waals surface area contributed by atoms with Gasteiger partial charge in [0.05, 0.1) is 5.41 Å². The molecule has 8 aromatic carbocycles. The molecule has 0 aliphatic heterocycles. The smallest absolute Gasteiger partial charge is 0.0714 e. The van der Waals surface area contributed by atoms with Gasteiger partial charge in [-0.3, -0.25) is 0 Å². The van der Waals surface area contributed by atoms with E-state index < -0.39 is 5.41 Å². The first-order valence-electron chi connectivity index (χ1n) is 17.1. The molecule has 0 N–H and O–H groups in total. The predicted octanol–water partition coefficient (Wildman–Crippen LogP) is 13.4. The maximum atomic E-state index is 6.19. The summed E-state index contributed by atoms with van der Waals surface area (Å²) in [4.78, 5) is 0. The number of rotatable bonds is 6. The number of hydrogen-bond acceptors (Lipinski definition) is 0. The van der Waals surface area contributed by atoms with Crippen LogP contribution in [0.4, 0.5) is 0 Å². The van der Waals surface area contributed by atoms with Gasteiger partial charge in [0.15, 0.2) is 0 Å². The van der Waals surface area contributed by atoms with Crippen molar-refractivity contribution >= 4 is 11.6 Å². The zero-order chi connectivity index (χ0) is 33.5. The third-order valence-corrected chi connectivity index (χ3v) is 10.5. The summed E-state index contributed by atoms with van der Waals surface area (Å²) in [6.45, 7) is 0. The predicted molar refractivity (Wildman–Crippen MR) is 210 cm³/mol. The first-order valence-corrected chi connectivity index (χ1v) is 17.5. The highest BCUT2D eigenvalue weighted by Crippen LogP contribution is 2.58. The van der Waals surface area contributed by atoms with Crippen molar-refractivity contribution in [1.82, 2.24) is 0 Å². The van der Waals surface area contributed by atoms with E-state index in [0.717, 1.165) is 10.6 Å². The van der Waals surface area contributed by atoms with Crippen LogP contribution < -0.4 is 0 Å². The molecule has 1 unspecified atom stereocenters. The highest BCUT2D eigenvalue weighted by atomic mass is 35.5.